The zero-order chi connectivity index (χ0) is 15.9. The summed E-state index contributed by atoms with van der Waals surface area (Å²) >= 11 is 0. The summed E-state index contributed by atoms with van der Waals surface area (Å²) in [5, 5.41) is 0. The maximum Gasteiger partial charge on any atom is 0.118 e. The SMILES string of the molecule is COc1ccc(CC(C)Cc2ccc(CC(C)C)cc2)cc1. The average molecular weight is 296 g/mol. The summed E-state index contributed by atoms with van der Waals surface area (Å²) in [5.41, 5.74) is 4.26. The van der Waals surface area contributed by atoms with Crippen LogP contribution in [0.25, 0.3) is 0 Å². The quantitative estimate of drug-likeness (QED) is 0.672. The van der Waals surface area contributed by atoms with Crippen LogP contribution in [0, 0.1) is 11.8 Å². The van der Waals surface area contributed by atoms with E-state index in [2.05, 4.69) is 57.2 Å². The van der Waals surface area contributed by atoms with Crippen molar-refractivity contribution in [2.45, 2.75) is 40.0 Å². The topological polar surface area (TPSA) is 9.23 Å². The monoisotopic (exact) mass is 296 g/mol. The Hall–Kier alpha value is -1.76. The molecule has 0 radical (unpaired) electrons. The molecule has 1 heteroatoms. The molecular weight excluding hydrogens is 268 g/mol. The standard InChI is InChI=1S/C21H28O/c1-16(2)13-18-5-7-19(8-6-18)14-17(3)15-20-9-11-21(22-4)12-10-20/h5-12,16-17H,13-15H2,1-4H3. The molecular formula is C21H28O. The van der Waals surface area contributed by atoms with E-state index in [-0.39, 0.29) is 0 Å². The van der Waals surface area contributed by atoms with Crippen LogP contribution in [-0.2, 0) is 19.3 Å². The Balaban J connectivity index is 1.89. The van der Waals surface area contributed by atoms with Gasteiger partial charge in [0.2, 0.25) is 0 Å². The number of methoxy groups -OCH3 is 1. The molecule has 2 aromatic rings. The highest BCUT2D eigenvalue weighted by Crippen LogP contribution is 2.18. The van der Waals surface area contributed by atoms with E-state index in [1.165, 1.54) is 23.1 Å². The second kappa shape index (κ2) is 8.03. The Morgan fingerprint density at radius 3 is 1.50 bits per heavy atom. The molecule has 0 heterocycles. The molecule has 0 aliphatic carbocycles. The van der Waals surface area contributed by atoms with Gasteiger partial charge in [0.25, 0.3) is 0 Å². The molecule has 0 aromatic heterocycles. The van der Waals surface area contributed by atoms with E-state index in [0.717, 1.165) is 24.5 Å². The minimum absolute atomic E-state index is 0.643. The maximum absolute atomic E-state index is 5.21. The molecule has 1 atom stereocenters. The van der Waals surface area contributed by atoms with Crippen LogP contribution < -0.4 is 4.74 Å². The second-order valence-corrected chi connectivity index (χ2v) is 6.78. The van der Waals surface area contributed by atoms with Gasteiger partial charge in [-0.05, 0) is 59.9 Å². The summed E-state index contributed by atoms with van der Waals surface area (Å²) < 4.78 is 5.21. The lowest BCUT2D eigenvalue weighted by atomic mass is 9.93. The van der Waals surface area contributed by atoms with E-state index in [9.17, 15) is 0 Å². The number of rotatable bonds is 7. The minimum atomic E-state index is 0.643. The molecule has 0 aliphatic heterocycles. The fraction of sp³-hybridized carbons (Fsp3) is 0.429. The molecule has 1 unspecified atom stereocenters. The van der Waals surface area contributed by atoms with Gasteiger partial charge in [0.05, 0.1) is 7.11 Å². The zero-order valence-corrected chi connectivity index (χ0v) is 14.3. The van der Waals surface area contributed by atoms with Gasteiger partial charge in [0.15, 0.2) is 0 Å². The lowest BCUT2D eigenvalue weighted by Gasteiger charge is -2.13. The van der Waals surface area contributed by atoms with E-state index in [4.69, 9.17) is 4.74 Å². The van der Waals surface area contributed by atoms with Crippen molar-refractivity contribution < 1.29 is 4.74 Å². The molecule has 2 aromatic carbocycles. The third kappa shape index (κ3) is 5.22. The summed E-state index contributed by atoms with van der Waals surface area (Å²) in [4.78, 5) is 0. The molecule has 0 amide bonds. The molecule has 2 rings (SSSR count). The van der Waals surface area contributed by atoms with Crippen LogP contribution >= 0.6 is 0 Å². The number of ether oxygens (including phenoxy) is 1. The Morgan fingerprint density at radius 1 is 0.682 bits per heavy atom. The zero-order valence-electron chi connectivity index (χ0n) is 14.3. The summed E-state index contributed by atoms with van der Waals surface area (Å²) in [5.74, 6) is 2.29. The molecule has 0 bridgehead atoms. The highest BCUT2D eigenvalue weighted by Gasteiger charge is 2.06. The Morgan fingerprint density at radius 2 is 1.09 bits per heavy atom. The minimum Gasteiger partial charge on any atom is -0.497 e. The Kier molecular flexibility index (Phi) is 6.06. The third-order valence-corrected chi connectivity index (χ3v) is 3.99. The van der Waals surface area contributed by atoms with Crippen molar-refractivity contribution in [1.82, 2.24) is 0 Å². The van der Waals surface area contributed by atoms with Gasteiger partial charge in [-0.15, -0.1) is 0 Å². The molecule has 22 heavy (non-hydrogen) atoms. The van der Waals surface area contributed by atoms with Crippen molar-refractivity contribution in [3.8, 4) is 5.75 Å². The predicted molar refractivity (Wildman–Crippen MR) is 94.6 cm³/mol. The molecule has 1 nitrogen and oxygen atoms in total. The predicted octanol–water partition coefficient (Wildman–Crippen LogP) is 5.32. The summed E-state index contributed by atoms with van der Waals surface area (Å²) in [6, 6.07) is 17.6. The normalized spacial score (nSPS) is 12.4. The van der Waals surface area contributed by atoms with Crippen molar-refractivity contribution >= 4 is 0 Å². The molecule has 0 aliphatic rings. The van der Waals surface area contributed by atoms with Crippen molar-refractivity contribution in [3.05, 3.63) is 65.2 Å². The fourth-order valence-electron chi connectivity index (χ4n) is 2.92. The smallest absolute Gasteiger partial charge is 0.118 e. The van der Waals surface area contributed by atoms with E-state index < -0.39 is 0 Å². The average Bonchev–Trinajstić information content (AvgIpc) is 2.49. The van der Waals surface area contributed by atoms with Crippen LogP contribution in [-0.4, -0.2) is 7.11 Å². The lowest BCUT2D eigenvalue weighted by molar-refractivity contribution is 0.414. The third-order valence-electron chi connectivity index (χ3n) is 3.99. The summed E-state index contributed by atoms with van der Waals surface area (Å²) in [6.07, 6.45) is 3.41. The molecule has 0 spiro atoms. The molecule has 118 valence electrons. The Bertz CT molecular complexity index is 551. The van der Waals surface area contributed by atoms with Crippen LogP contribution in [0.2, 0.25) is 0 Å². The van der Waals surface area contributed by atoms with Crippen LogP contribution in [0.1, 0.15) is 37.5 Å². The van der Waals surface area contributed by atoms with Crippen LogP contribution in [0.5, 0.6) is 5.75 Å². The largest absolute Gasteiger partial charge is 0.497 e. The van der Waals surface area contributed by atoms with Crippen molar-refractivity contribution in [2.75, 3.05) is 7.11 Å². The highest BCUT2D eigenvalue weighted by atomic mass is 16.5. The van der Waals surface area contributed by atoms with Crippen LogP contribution in [0.4, 0.5) is 0 Å². The first-order chi connectivity index (χ1) is 10.6. The van der Waals surface area contributed by atoms with Gasteiger partial charge in [-0.2, -0.15) is 0 Å². The highest BCUT2D eigenvalue weighted by molar-refractivity contribution is 5.28. The van der Waals surface area contributed by atoms with Crippen LogP contribution in [0.3, 0.4) is 0 Å². The van der Waals surface area contributed by atoms with E-state index >= 15 is 0 Å². The first kappa shape index (κ1) is 16.6. The van der Waals surface area contributed by atoms with Crippen LogP contribution in [0.15, 0.2) is 48.5 Å². The Labute approximate surface area is 135 Å². The van der Waals surface area contributed by atoms with Gasteiger partial charge in [-0.1, -0.05) is 57.2 Å². The summed E-state index contributed by atoms with van der Waals surface area (Å²) in [6.45, 7) is 6.86. The number of hydrogen-bond donors (Lipinski definition) is 0. The van der Waals surface area contributed by atoms with Crippen molar-refractivity contribution in [1.29, 1.82) is 0 Å². The first-order valence-corrected chi connectivity index (χ1v) is 8.27. The summed E-state index contributed by atoms with van der Waals surface area (Å²) in [7, 11) is 1.71. The fourth-order valence-corrected chi connectivity index (χ4v) is 2.92. The molecule has 0 N–H and O–H groups in total. The maximum atomic E-state index is 5.21. The number of hydrogen-bond acceptors (Lipinski definition) is 1. The molecule has 0 saturated heterocycles. The van der Waals surface area contributed by atoms with E-state index in [1.54, 1.807) is 7.11 Å². The molecule has 0 saturated carbocycles. The van der Waals surface area contributed by atoms with Crippen molar-refractivity contribution in [3.63, 3.8) is 0 Å². The van der Waals surface area contributed by atoms with Gasteiger partial charge in [0.1, 0.15) is 5.75 Å². The van der Waals surface area contributed by atoms with Gasteiger partial charge >= 0.3 is 0 Å². The second-order valence-electron chi connectivity index (χ2n) is 6.78. The lowest BCUT2D eigenvalue weighted by Crippen LogP contribution is -2.04. The van der Waals surface area contributed by atoms with Gasteiger partial charge in [-0.3, -0.25) is 0 Å². The number of benzene rings is 2. The van der Waals surface area contributed by atoms with Gasteiger partial charge < -0.3 is 4.74 Å². The van der Waals surface area contributed by atoms with Crippen molar-refractivity contribution in [2.24, 2.45) is 11.8 Å². The van der Waals surface area contributed by atoms with E-state index in [0.29, 0.717) is 5.92 Å². The van der Waals surface area contributed by atoms with Gasteiger partial charge in [-0.25, -0.2) is 0 Å². The van der Waals surface area contributed by atoms with E-state index in [1.807, 2.05) is 12.1 Å². The molecule has 0 fully saturated rings. The first-order valence-electron chi connectivity index (χ1n) is 8.27. The van der Waals surface area contributed by atoms with Gasteiger partial charge in [0, 0.05) is 0 Å².